The van der Waals surface area contributed by atoms with Gasteiger partial charge in [0.05, 0.1) is 30.4 Å². The monoisotopic (exact) mass is 483 g/mol. The molecule has 2 N–H and O–H groups in total. The third-order valence-electron chi connectivity index (χ3n) is 6.37. The summed E-state index contributed by atoms with van der Waals surface area (Å²) in [5.74, 6) is -0.194. The number of fused-ring (bicyclic) bond motifs is 2. The van der Waals surface area contributed by atoms with Crippen molar-refractivity contribution in [2.75, 3.05) is 5.32 Å². The quantitative estimate of drug-likeness (QED) is 0.314. The molecule has 6 rings (SSSR count). The molecule has 1 amide bonds. The third kappa shape index (κ3) is 4.30. The minimum atomic E-state index is -0.333. The summed E-state index contributed by atoms with van der Waals surface area (Å²) in [5, 5.41) is 20.1. The first-order chi connectivity index (χ1) is 18.2. The van der Waals surface area contributed by atoms with Crippen LogP contribution in [0.15, 0.2) is 97.7 Å². The lowest BCUT2D eigenvalue weighted by Crippen LogP contribution is -2.14. The fourth-order valence-corrected chi connectivity index (χ4v) is 4.54. The lowest BCUT2D eigenvalue weighted by atomic mass is 10.0. The molecule has 0 spiro atoms. The summed E-state index contributed by atoms with van der Waals surface area (Å²) in [5.41, 5.74) is 4.44. The van der Waals surface area contributed by atoms with Crippen molar-refractivity contribution in [3.05, 3.63) is 109 Å². The second-order valence-corrected chi connectivity index (χ2v) is 8.69. The minimum Gasteiger partial charge on any atom is -0.346 e. The number of nitrogens with zero attached hydrogens (tertiary/aromatic N) is 5. The van der Waals surface area contributed by atoms with Crippen LogP contribution in [0.3, 0.4) is 0 Å². The van der Waals surface area contributed by atoms with E-state index >= 15 is 0 Å². The van der Waals surface area contributed by atoms with Crippen LogP contribution >= 0.6 is 0 Å². The second kappa shape index (κ2) is 9.40. The van der Waals surface area contributed by atoms with Gasteiger partial charge in [-0.05, 0) is 46.7 Å². The molecule has 3 aromatic heterocycles. The van der Waals surface area contributed by atoms with Gasteiger partial charge in [0.1, 0.15) is 12.0 Å². The first-order valence-corrected chi connectivity index (χ1v) is 11.8. The zero-order valence-electron chi connectivity index (χ0n) is 19.7. The zero-order valence-corrected chi connectivity index (χ0v) is 19.7. The Kier molecular flexibility index (Phi) is 5.64. The van der Waals surface area contributed by atoms with Crippen LogP contribution in [0, 0.1) is 11.3 Å². The predicted octanol–water partition coefficient (Wildman–Crippen LogP) is 5.73. The molecule has 8 heteroatoms. The summed E-state index contributed by atoms with van der Waals surface area (Å²) in [6, 6.07) is 25.0. The van der Waals surface area contributed by atoms with Crippen molar-refractivity contribution < 1.29 is 4.79 Å². The summed E-state index contributed by atoms with van der Waals surface area (Å²) in [6.45, 7) is 0. The molecule has 6 aromatic rings. The summed E-state index contributed by atoms with van der Waals surface area (Å²) in [6.07, 6.45) is 7.18. The molecule has 0 aliphatic carbocycles. The number of carbonyl (C=O) groups excluding carboxylic acids is 1. The Morgan fingerprint density at radius 3 is 2.81 bits per heavy atom. The van der Waals surface area contributed by atoms with E-state index in [1.807, 2.05) is 85.2 Å². The zero-order chi connectivity index (χ0) is 25.2. The van der Waals surface area contributed by atoms with Gasteiger partial charge in [-0.2, -0.15) is 10.4 Å². The standard InChI is InChI=1S/C29H21N7O/c30-12-10-26(36-17-23(16-34-36)27-25-11-13-31-28(25)33-18-32-27)21-6-3-7-24(15-21)35-29(37)22-9-8-19-4-1-2-5-20(19)14-22/h1-9,11,13-18,26H,10H2,(H,35,37)(H,31,32,33). The second-order valence-electron chi connectivity index (χ2n) is 8.69. The highest BCUT2D eigenvalue weighted by atomic mass is 16.1. The summed E-state index contributed by atoms with van der Waals surface area (Å²) in [7, 11) is 0. The number of nitriles is 1. The summed E-state index contributed by atoms with van der Waals surface area (Å²) < 4.78 is 1.77. The number of aromatic amines is 1. The van der Waals surface area contributed by atoms with E-state index in [9.17, 15) is 10.1 Å². The maximum atomic E-state index is 13.0. The predicted molar refractivity (Wildman–Crippen MR) is 142 cm³/mol. The molecule has 3 aromatic carbocycles. The van der Waals surface area contributed by atoms with Crippen molar-refractivity contribution in [2.24, 2.45) is 0 Å². The largest absolute Gasteiger partial charge is 0.346 e. The Morgan fingerprint density at radius 2 is 1.92 bits per heavy atom. The molecule has 178 valence electrons. The molecule has 0 aliphatic rings. The number of carbonyl (C=O) groups is 1. The molecule has 0 aliphatic heterocycles. The van der Waals surface area contributed by atoms with Gasteiger partial charge in [-0.25, -0.2) is 9.97 Å². The van der Waals surface area contributed by atoms with Crippen LogP contribution in [0.2, 0.25) is 0 Å². The molecule has 37 heavy (non-hydrogen) atoms. The Bertz CT molecular complexity index is 1790. The number of aromatic nitrogens is 5. The molecule has 1 atom stereocenters. The van der Waals surface area contributed by atoms with E-state index in [1.54, 1.807) is 10.9 Å². The smallest absolute Gasteiger partial charge is 0.255 e. The number of hydrogen-bond donors (Lipinski definition) is 2. The fourth-order valence-electron chi connectivity index (χ4n) is 4.54. The van der Waals surface area contributed by atoms with Gasteiger partial charge in [-0.3, -0.25) is 9.48 Å². The number of benzene rings is 3. The third-order valence-corrected chi connectivity index (χ3v) is 6.37. The maximum absolute atomic E-state index is 13.0. The van der Waals surface area contributed by atoms with Crippen molar-refractivity contribution in [1.82, 2.24) is 24.7 Å². The fraction of sp³-hybridized carbons (Fsp3) is 0.0690. The first-order valence-electron chi connectivity index (χ1n) is 11.8. The van der Waals surface area contributed by atoms with Crippen LogP contribution in [-0.2, 0) is 0 Å². The number of hydrogen-bond acceptors (Lipinski definition) is 5. The van der Waals surface area contributed by atoms with Gasteiger partial charge in [0, 0.05) is 34.6 Å². The highest BCUT2D eigenvalue weighted by Gasteiger charge is 2.18. The van der Waals surface area contributed by atoms with E-state index < -0.39 is 0 Å². The SMILES string of the molecule is N#CCC(c1cccc(NC(=O)c2ccc3ccccc3c2)c1)n1cc(-c2ncnc3[nH]ccc23)cn1. The number of H-pyrrole nitrogens is 1. The molecule has 1 unspecified atom stereocenters. The van der Waals surface area contributed by atoms with Gasteiger partial charge in [0.25, 0.3) is 5.91 Å². The van der Waals surface area contributed by atoms with E-state index in [2.05, 4.69) is 31.4 Å². The number of amides is 1. The van der Waals surface area contributed by atoms with E-state index in [4.69, 9.17) is 0 Å². The van der Waals surface area contributed by atoms with Crippen LogP contribution in [0.5, 0.6) is 0 Å². The van der Waals surface area contributed by atoms with E-state index in [0.29, 0.717) is 11.3 Å². The van der Waals surface area contributed by atoms with Gasteiger partial charge in [-0.1, -0.05) is 42.5 Å². The molecule has 0 bridgehead atoms. The van der Waals surface area contributed by atoms with Gasteiger partial charge < -0.3 is 10.3 Å². The van der Waals surface area contributed by atoms with E-state index in [-0.39, 0.29) is 18.4 Å². The van der Waals surface area contributed by atoms with Gasteiger partial charge in [-0.15, -0.1) is 0 Å². The topological polar surface area (TPSA) is 112 Å². The Hall–Kier alpha value is -5.29. The lowest BCUT2D eigenvalue weighted by Gasteiger charge is -2.16. The molecule has 8 nitrogen and oxygen atoms in total. The highest BCUT2D eigenvalue weighted by Crippen LogP contribution is 2.29. The summed E-state index contributed by atoms with van der Waals surface area (Å²) >= 11 is 0. The van der Waals surface area contributed by atoms with Gasteiger partial charge in [0.2, 0.25) is 0 Å². The lowest BCUT2D eigenvalue weighted by molar-refractivity contribution is 0.102. The van der Waals surface area contributed by atoms with Gasteiger partial charge >= 0.3 is 0 Å². The van der Waals surface area contributed by atoms with Crippen molar-refractivity contribution in [2.45, 2.75) is 12.5 Å². The van der Waals surface area contributed by atoms with Crippen molar-refractivity contribution in [3.8, 4) is 17.3 Å². The van der Waals surface area contributed by atoms with Crippen LogP contribution in [-0.4, -0.2) is 30.6 Å². The Morgan fingerprint density at radius 1 is 1.03 bits per heavy atom. The maximum Gasteiger partial charge on any atom is 0.255 e. The van der Waals surface area contributed by atoms with E-state index in [1.165, 1.54) is 6.33 Å². The summed E-state index contributed by atoms with van der Waals surface area (Å²) in [4.78, 5) is 24.8. The minimum absolute atomic E-state index is 0.194. The number of anilines is 1. The number of nitrogens with one attached hydrogen (secondary N) is 2. The average Bonchev–Trinajstić information content (AvgIpc) is 3.62. The van der Waals surface area contributed by atoms with Crippen molar-refractivity contribution in [3.63, 3.8) is 0 Å². The molecular formula is C29H21N7O. The molecule has 3 heterocycles. The molecule has 0 saturated heterocycles. The van der Waals surface area contributed by atoms with E-state index in [0.717, 1.165) is 38.6 Å². The van der Waals surface area contributed by atoms with Crippen LogP contribution in [0.1, 0.15) is 28.4 Å². The average molecular weight is 484 g/mol. The number of rotatable bonds is 6. The normalized spacial score (nSPS) is 11.9. The molecular weight excluding hydrogens is 462 g/mol. The Labute approximate surface area is 212 Å². The molecule has 0 saturated carbocycles. The highest BCUT2D eigenvalue weighted by molar-refractivity contribution is 6.06. The molecule has 0 radical (unpaired) electrons. The van der Waals surface area contributed by atoms with Crippen LogP contribution < -0.4 is 5.32 Å². The van der Waals surface area contributed by atoms with Crippen LogP contribution in [0.4, 0.5) is 5.69 Å². The van der Waals surface area contributed by atoms with Crippen molar-refractivity contribution in [1.29, 1.82) is 5.26 Å². The van der Waals surface area contributed by atoms with Crippen molar-refractivity contribution >= 4 is 33.4 Å². The van der Waals surface area contributed by atoms with Crippen LogP contribution in [0.25, 0.3) is 33.1 Å². The Balaban J connectivity index is 1.28. The first kappa shape index (κ1) is 22.2. The van der Waals surface area contributed by atoms with Gasteiger partial charge in [0.15, 0.2) is 0 Å². The molecule has 0 fully saturated rings.